The van der Waals surface area contributed by atoms with Gasteiger partial charge in [-0.05, 0) is 18.2 Å². The van der Waals surface area contributed by atoms with Gasteiger partial charge >= 0.3 is 0 Å². The van der Waals surface area contributed by atoms with E-state index in [9.17, 15) is 4.79 Å². The molecule has 0 aliphatic rings. The van der Waals surface area contributed by atoms with Gasteiger partial charge in [-0.15, -0.1) is 11.3 Å². The topological polar surface area (TPSA) is 37.6 Å². The van der Waals surface area contributed by atoms with Crippen molar-refractivity contribution in [1.82, 2.24) is 4.98 Å². The molecule has 0 radical (unpaired) electrons. The number of rotatable bonds is 6. The molecule has 0 spiro atoms. The number of carbonyl (C=O) groups excluding carboxylic acids is 1. The van der Waals surface area contributed by atoms with E-state index in [-0.39, 0.29) is 5.91 Å². The van der Waals surface area contributed by atoms with E-state index in [2.05, 4.69) is 12.0 Å². The van der Waals surface area contributed by atoms with Crippen LogP contribution >= 0.6 is 22.9 Å². The highest BCUT2D eigenvalue weighted by molar-refractivity contribution is 7.14. The summed E-state index contributed by atoms with van der Waals surface area (Å²) in [6.45, 7) is 3.15. The van der Waals surface area contributed by atoms with Crippen molar-refractivity contribution in [2.45, 2.75) is 20.0 Å². The zero-order valence-electron chi connectivity index (χ0n) is 14.8. The van der Waals surface area contributed by atoms with Crippen LogP contribution in [0.2, 0.25) is 5.02 Å². The highest BCUT2D eigenvalue weighted by Crippen LogP contribution is 2.28. The average molecular weight is 387 g/mol. The van der Waals surface area contributed by atoms with E-state index in [0.29, 0.717) is 5.13 Å². The first-order valence-corrected chi connectivity index (χ1v) is 9.65. The Morgan fingerprint density at radius 1 is 1.12 bits per heavy atom. The molecule has 1 atom stereocenters. The number of carbonyl (C=O) groups is 1. The minimum Gasteiger partial charge on any atom is -0.329 e. The van der Waals surface area contributed by atoms with Crippen molar-refractivity contribution in [3.63, 3.8) is 0 Å². The van der Waals surface area contributed by atoms with Crippen LogP contribution in [0.1, 0.15) is 18.2 Å². The highest BCUT2D eigenvalue weighted by atomic mass is 35.5. The molecule has 0 aliphatic heterocycles. The van der Waals surface area contributed by atoms with Gasteiger partial charge in [-0.25, -0.2) is 4.98 Å². The summed E-state index contributed by atoms with van der Waals surface area (Å²) < 4.78 is 0. The van der Waals surface area contributed by atoms with Crippen LogP contribution in [-0.4, -0.2) is 17.9 Å². The molecule has 3 aromatic rings. The van der Waals surface area contributed by atoms with E-state index in [4.69, 9.17) is 11.6 Å². The minimum atomic E-state index is -0.0473. The Bertz CT molecular complexity index is 882. The normalized spacial score (nSPS) is 12.0. The van der Waals surface area contributed by atoms with Crippen molar-refractivity contribution in [2.24, 2.45) is 0 Å². The number of hydrogen-bond acceptors (Lipinski definition) is 3. The van der Waals surface area contributed by atoms with Crippen LogP contribution in [-0.2, 0) is 17.9 Å². The summed E-state index contributed by atoms with van der Waals surface area (Å²) in [7, 11) is 2.11. The van der Waals surface area contributed by atoms with Gasteiger partial charge in [-0.2, -0.15) is 0 Å². The highest BCUT2D eigenvalue weighted by Gasteiger charge is 2.19. The summed E-state index contributed by atoms with van der Waals surface area (Å²) in [6, 6.07) is 17.5. The number of hydrogen-bond donors (Lipinski definition) is 1. The van der Waals surface area contributed by atoms with Crippen molar-refractivity contribution in [1.29, 1.82) is 0 Å². The third-order valence-corrected chi connectivity index (χ3v) is 5.24. The van der Waals surface area contributed by atoms with Gasteiger partial charge in [0.15, 0.2) is 5.13 Å². The van der Waals surface area contributed by atoms with Crippen LogP contribution in [0.4, 0.5) is 10.8 Å². The number of halogens is 1. The Morgan fingerprint density at radius 2 is 1.81 bits per heavy atom. The van der Waals surface area contributed by atoms with E-state index in [1.165, 1.54) is 16.2 Å². The number of para-hydroxylation sites is 1. The van der Waals surface area contributed by atoms with E-state index >= 15 is 0 Å². The molecule has 0 aliphatic carbocycles. The first-order chi connectivity index (χ1) is 12.5. The summed E-state index contributed by atoms with van der Waals surface area (Å²) in [5.41, 5.74) is 2.92. The molecule has 1 N–H and O–H groups in total. The summed E-state index contributed by atoms with van der Waals surface area (Å²) >= 11 is 7.74. The van der Waals surface area contributed by atoms with Crippen molar-refractivity contribution < 1.29 is 9.69 Å². The molecule has 1 amide bonds. The summed E-state index contributed by atoms with van der Waals surface area (Å²) in [5, 5.41) is 3.51. The van der Waals surface area contributed by atoms with E-state index < -0.39 is 0 Å². The van der Waals surface area contributed by atoms with Crippen LogP contribution in [0.15, 0.2) is 60.0 Å². The zero-order valence-corrected chi connectivity index (χ0v) is 16.3. The fourth-order valence-corrected chi connectivity index (χ4v) is 3.91. The number of amides is 1. The molecule has 0 bridgehead atoms. The predicted molar refractivity (Wildman–Crippen MR) is 107 cm³/mol. The lowest BCUT2D eigenvalue weighted by Gasteiger charge is -2.18. The molecule has 3 rings (SSSR count). The number of benzene rings is 2. The van der Waals surface area contributed by atoms with Gasteiger partial charge in [0.25, 0.3) is 0 Å². The Kier molecular flexibility index (Phi) is 6.04. The molecule has 1 aromatic heterocycles. The molecule has 2 aromatic carbocycles. The van der Waals surface area contributed by atoms with Gasteiger partial charge in [0, 0.05) is 22.9 Å². The monoisotopic (exact) mass is 386 g/mol. The Hall–Kier alpha value is -2.21. The smallest absolute Gasteiger partial charge is 0.230 e. The van der Waals surface area contributed by atoms with Crippen molar-refractivity contribution >= 4 is 39.7 Å². The number of nitrogens with zero attached hydrogens (tertiary/aromatic N) is 2. The van der Waals surface area contributed by atoms with Crippen LogP contribution < -0.4 is 9.80 Å². The SMILES string of the molecule is CC(=O)N(c1ccccc1)c1nc(C[NH+](C)Cc2ccccc2Cl)cs1. The molecular weight excluding hydrogens is 366 g/mol. The van der Waals surface area contributed by atoms with Crippen molar-refractivity contribution in [3.8, 4) is 0 Å². The molecule has 134 valence electrons. The molecule has 0 saturated carbocycles. The first kappa shape index (κ1) is 18.6. The molecule has 0 saturated heterocycles. The summed E-state index contributed by atoms with van der Waals surface area (Å²) in [6.07, 6.45) is 0. The Labute approximate surface area is 162 Å². The Balaban J connectivity index is 1.72. The van der Waals surface area contributed by atoms with Crippen LogP contribution in [0.3, 0.4) is 0 Å². The maximum atomic E-state index is 12.1. The van der Waals surface area contributed by atoms with Gasteiger partial charge in [0.1, 0.15) is 18.8 Å². The molecule has 0 fully saturated rings. The number of thiazole rings is 1. The summed E-state index contributed by atoms with van der Waals surface area (Å²) in [5.74, 6) is -0.0473. The maximum absolute atomic E-state index is 12.1. The van der Waals surface area contributed by atoms with Crippen LogP contribution in [0, 0.1) is 0 Å². The van der Waals surface area contributed by atoms with Crippen molar-refractivity contribution in [3.05, 3.63) is 76.3 Å². The molecule has 1 heterocycles. The standard InChI is InChI=1S/C20H20ClN3OS/c1-15(25)24(18-9-4-3-5-10-18)20-22-17(14-26-20)13-23(2)12-16-8-6-7-11-19(16)21/h3-11,14H,12-13H2,1-2H3/p+1. The third-order valence-electron chi connectivity index (χ3n) is 3.99. The summed E-state index contributed by atoms with van der Waals surface area (Å²) in [4.78, 5) is 19.7. The van der Waals surface area contributed by atoms with Gasteiger partial charge in [-0.3, -0.25) is 9.69 Å². The van der Waals surface area contributed by atoms with Gasteiger partial charge in [-0.1, -0.05) is 48.0 Å². The second-order valence-corrected chi connectivity index (χ2v) is 7.46. The minimum absolute atomic E-state index is 0.0473. The fraction of sp³-hybridized carbons (Fsp3) is 0.200. The predicted octanol–water partition coefficient (Wildman–Crippen LogP) is 3.70. The Morgan fingerprint density at radius 3 is 2.50 bits per heavy atom. The second kappa shape index (κ2) is 8.45. The van der Waals surface area contributed by atoms with Gasteiger partial charge < -0.3 is 4.90 Å². The average Bonchev–Trinajstić information content (AvgIpc) is 3.05. The third kappa shape index (κ3) is 4.49. The molecular formula is C20H21ClN3OS+. The second-order valence-electron chi connectivity index (χ2n) is 6.21. The zero-order chi connectivity index (χ0) is 18.5. The number of anilines is 2. The van der Waals surface area contributed by atoms with Crippen LogP contribution in [0.5, 0.6) is 0 Å². The number of quaternary nitrogens is 1. The quantitative estimate of drug-likeness (QED) is 0.701. The maximum Gasteiger partial charge on any atom is 0.230 e. The van der Waals surface area contributed by atoms with Gasteiger partial charge in [0.05, 0.1) is 12.7 Å². The molecule has 1 unspecified atom stereocenters. The lowest BCUT2D eigenvalue weighted by molar-refractivity contribution is -0.908. The number of nitrogens with one attached hydrogen (secondary N) is 1. The van der Waals surface area contributed by atoms with E-state index in [1.54, 1.807) is 11.8 Å². The van der Waals surface area contributed by atoms with E-state index in [0.717, 1.165) is 35.1 Å². The largest absolute Gasteiger partial charge is 0.329 e. The van der Waals surface area contributed by atoms with Crippen LogP contribution in [0.25, 0.3) is 0 Å². The molecule has 26 heavy (non-hydrogen) atoms. The van der Waals surface area contributed by atoms with E-state index in [1.807, 2.05) is 60.0 Å². The first-order valence-electron chi connectivity index (χ1n) is 8.39. The molecule has 4 nitrogen and oxygen atoms in total. The fourth-order valence-electron chi connectivity index (χ4n) is 2.82. The number of aromatic nitrogens is 1. The lowest BCUT2D eigenvalue weighted by atomic mass is 10.2. The van der Waals surface area contributed by atoms with Crippen molar-refractivity contribution in [2.75, 3.05) is 11.9 Å². The lowest BCUT2D eigenvalue weighted by Crippen LogP contribution is -3.06. The molecule has 6 heteroatoms. The van der Waals surface area contributed by atoms with Gasteiger partial charge in [0.2, 0.25) is 5.91 Å².